The normalized spacial score (nSPS) is 26.1. The Balaban J connectivity index is 1.70. The topological polar surface area (TPSA) is 32.3 Å². The average molecular weight is 196 g/mol. The Labute approximate surface area is 85.8 Å². The summed E-state index contributed by atoms with van der Waals surface area (Å²) in [6.45, 7) is 7.47. The minimum atomic E-state index is 0.316. The summed E-state index contributed by atoms with van der Waals surface area (Å²) in [4.78, 5) is 13.2. The fourth-order valence-corrected chi connectivity index (χ4v) is 2.65. The van der Waals surface area contributed by atoms with Gasteiger partial charge in [-0.25, -0.2) is 0 Å². The summed E-state index contributed by atoms with van der Waals surface area (Å²) in [7, 11) is 0. The van der Waals surface area contributed by atoms with Crippen LogP contribution in [0.3, 0.4) is 0 Å². The number of likely N-dealkylation sites (tertiary alicyclic amines) is 1. The van der Waals surface area contributed by atoms with Gasteiger partial charge in [-0.1, -0.05) is 0 Å². The fraction of sp³-hybridized carbons (Fsp3) is 0.909. The molecule has 1 spiro atoms. The predicted molar refractivity (Wildman–Crippen MR) is 56.3 cm³/mol. The van der Waals surface area contributed by atoms with Crippen LogP contribution in [0.5, 0.6) is 0 Å². The van der Waals surface area contributed by atoms with Gasteiger partial charge in [-0.3, -0.25) is 4.79 Å². The first-order chi connectivity index (χ1) is 6.70. The molecule has 80 valence electrons. The molecule has 0 aliphatic carbocycles. The van der Waals surface area contributed by atoms with E-state index in [0.717, 1.165) is 13.0 Å². The molecule has 0 aromatic rings. The lowest BCUT2D eigenvalue weighted by Crippen LogP contribution is -2.59. The number of carbonyl (C=O) groups is 1. The number of hydrogen-bond donors (Lipinski definition) is 1. The molecule has 0 unspecified atom stereocenters. The number of nitrogens with one attached hydrogen (secondary N) is 1. The van der Waals surface area contributed by atoms with Gasteiger partial charge in [0.25, 0.3) is 0 Å². The van der Waals surface area contributed by atoms with E-state index in [1.54, 1.807) is 6.92 Å². The molecule has 2 saturated heterocycles. The van der Waals surface area contributed by atoms with Crippen molar-refractivity contribution in [2.45, 2.75) is 26.2 Å². The summed E-state index contributed by atoms with van der Waals surface area (Å²) in [5.74, 6) is 0.316. The molecule has 2 aliphatic heterocycles. The van der Waals surface area contributed by atoms with E-state index >= 15 is 0 Å². The minimum absolute atomic E-state index is 0.316. The molecule has 2 heterocycles. The maximum Gasteiger partial charge on any atom is 0.131 e. The van der Waals surface area contributed by atoms with Crippen LogP contribution in [0.15, 0.2) is 0 Å². The van der Waals surface area contributed by atoms with Crippen molar-refractivity contribution >= 4 is 5.78 Å². The maximum atomic E-state index is 10.8. The van der Waals surface area contributed by atoms with E-state index in [0.29, 0.717) is 11.2 Å². The van der Waals surface area contributed by atoms with E-state index in [1.807, 2.05) is 0 Å². The zero-order valence-electron chi connectivity index (χ0n) is 9.01. The van der Waals surface area contributed by atoms with Gasteiger partial charge in [-0.2, -0.15) is 0 Å². The Kier molecular flexibility index (Phi) is 2.88. The van der Waals surface area contributed by atoms with Gasteiger partial charge in [0.05, 0.1) is 0 Å². The van der Waals surface area contributed by atoms with Crippen LogP contribution < -0.4 is 5.32 Å². The fourth-order valence-electron chi connectivity index (χ4n) is 2.65. The molecule has 0 aromatic heterocycles. The summed E-state index contributed by atoms with van der Waals surface area (Å²) in [6.07, 6.45) is 3.38. The van der Waals surface area contributed by atoms with E-state index in [1.165, 1.54) is 39.0 Å². The van der Waals surface area contributed by atoms with Crippen molar-refractivity contribution in [2.75, 3.05) is 32.7 Å². The number of carbonyl (C=O) groups excluding carboxylic acids is 1. The highest BCUT2D eigenvalue weighted by Gasteiger charge is 2.42. The minimum Gasteiger partial charge on any atom is -0.317 e. The van der Waals surface area contributed by atoms with E-state index < -0.39 is 0 Å². The molecule has 3 heteroatoms. The lowest BCUT2D eigenvalue weighted by molar-refractivity contribution is -0.118. The smallest absolute Gasteiger partial charge is 0.131 e. The van der Waals surface area contributed by atoms with Crippen molar-refractivity contribution in [3.05, 3.63) is 0 Å². The standard InChI is InChI=1S/C11H20N2O/c1-10(14)2-7-13-8-11(9-13)3-5-12-6-4-11/h12H,2-9H2,1H3. The number of rotatable bonds is 3. The molecular formula is C11H20N2O. The van der Waals surface area contributed by atoms with Crippen molar-refractivity contribution in [3.63, 3.8) is 0 Å². The van der Waals surface area contributed by atoms with Gasteiger partial charge in [0, 0.05) is 26.1 Å². The van der Waals surface area contributed by atoms with Crippen molar-refractivity contribution in [3.8, 4) is 0 Å². The summed E-state index contributed by atoms with van der Waals surface area (Å²) < 4.78 is 0. The van der Waals surface area contributed by atoms with Gasteiger partial charge in [0.2, 0.25) is 0 Å². The first kappa shape index (κ1) is 10.1. The molecule has 2 rings (SSSR count). The number of ketones is 1. The van der Waals surface area contributed by atoms with Crippen LogP contribution in [0.1, 0.15) is 26.2 Å². The van der Waals surface area contributed by atoms with Gasteiger partial charge in [0.15, 0.2) is 0 Å². The SMILES string of the molecule is CC(=O)CCN1CC2(CCNCC2)C1. The van der Waals surface area contributed by atoms with Crippen LogP contribution in [0.25, 0.3) is 0 Å². The molecule has 0 amide bonds. The van der Waals surface area contributed by atoms with Crippen LogP contribution in [0.2, 0.25) is 0 Å². The second-order valence-electron chi connectivity index (χ2n) is 4.91. The zero-order chi connectivity index (χ0) is 10.0. The Hall–Kier alpha value is -0.410. The largest absolute Gasteiger partial charge is 0.317 e. The molecule has 0 saturated carbocycles. The van der Waals surface area contributed by atoms with Gasteiger partial charge in [-0.05, 0) is 38.3 Å². The first-order valence-corrected chi connectivity index (χ1v) is 5.63. The van der Waals surface area contributed by atoms with Crippen LogP contribution in [-0.2, 0) is 4.79 Å². The number of piperidine rings is 1. The van der Waals surface area contributed by atoms with Gasteiger partial charge < -0.3 is 10.2 Å². The number of Topliss-reactive ketones (excluding diaryl/α,β-unsaturated/α-hetero) is 1. The van der Waals surface area contributed by atoms with Crippen molar-refractivity contribution in [1.29, 1.82) is 0 Å². The Morgan fingerprint density at radius 2 is 2.00 bits per heavy atom. The monoisotopic (exact) mass is 196 g/mol. The average Bonchev–Trinajstić information content (AvgIpc) is 2.12. The summed E-state index contributed by atoms with van der Waals surface area (Å²) in [5, 5.41) is 3.40. The quantitative estimate of drug-likeness (QED) is 0.719. The summed E-state index contributed by atoms with van der Waals surface area (Å²) >= 11 is 0. The summed E-state index contributed by atoms with van der Waals surface area (Å²) in [6, 6.07) is 0. The Bertz CT molecular complexity index is 213. The van der Waals surface area contributed by atoms with Gasteiger partial charge >= 0.3 is 0 Å². The Morgan fingerprint density at radius 3 is 2.57 bits per heavy atom. The second kappa shape index (κ2) is 3.99. The van der Waals surface area contributed by atoms with Crippen molar-refractivity contribution < 1.29 is 4.79 Å². The molecular weight excluding hydrogens is 176 g/mol. The molecule has 0 aromatic carbocycles. The molecule has 0 bridgehead atoms. The molecule has 0 radical (unpaired) electrons. The second-order valence-corrected chi connectivity index (χ2v) is 4.91. The van der Waals surface area contributed by atoms with E-state index in [-0.39, 0.29) is 0 Å². The predicted octanol–water partition coefficient (Wildman–Crippen LogP) is 0.651. The van der Waals surface area contributed by atoms with Crippen LogP contribution >= 0.6 is 0 Å². The molecule has 2 fully saturated rings. The van der Waals surface area contributed by atoms with E-state index in [9.17, 15) is 4.79 Å². The third kappa shape index (κ3) is 2.15. The zero-order valence-corrected chi connectivity index (χ0v) is 9.01. The highest BCUT2D eigenvalue weighted by Crippen LogP contribution is 2.38. The molecule has 0 atom stereocenters. The van der Waals surface area contributed by atoms with Crippen LogP contribution in [-0.4, -0.2) is 43.4 Å². The molecule has 2 aliphatic rings. The highest BCUT2D eigenvalue weighted by atomic mass is 16.1. The molecule has 1 N–H and O–H groups in total. The van der Waals surface area contributed by atoms with Crippen LogP contribution in [0.4, 0.5) is 0 Å². The lowest BCUT2D eigenvalue weighted by atomic mass is 9.72. The highest BCUT2D eigenvalue weighted by molar-refractivity contribution is 5.75. The maximum absolute atomic E-state index is 10.8. The number of hydrogen-bond acceptors (Lipinski definition) is 3. The van der Waals surface area contributed by atoms with Crippen LogP contribution in [0, 0.1) is 5.41 Å². The van der Waals surface area contributed by atoms with Gasteiger partial charge in [-0.15, -0.1) is 0 Å². The first-order valence-electron chi connectivity index (χ1n) is 5.63. The number of nitrogens with zero attached hydrogens (tertiary/aromatic N) is 1. The van der Waals surface area contributed by atoms with Gasteiger partial charge in [0.1, 0.15) is 5.78 Å². The summed E-state index contributed by atoms with van der Waals surface area (Å²) in [5.41, 5.74) is 0.613. The third-order valence-corrected chi connectivity index (χ3v) is 3.56. The van der Waals surface area contributed by atoms with E-state index in [2.05, 4.69) is 10.2 Å². The van der Waals surface area contributed by atoms with Crippen molar-refractivity contribution in [2.24, 2.45) is 5.41 Å². The third-order valence-electron chi connectivity index (χ3n) is 3.56. The lowest BCUT2D eigenvalue weighted by Gasteiger charge is -2.52. The Morgan fingerprint density at radius 1 is 1.36 bits per heavy atom. The molecule has 3 nitrogen and oxygen atoms in total. The molecule has 14 heavy (non-hydrogen) atoms. The van der Waals surface area contributed by atoms with Crippen molar-refractivity contribution in [1.82, 2.24) is 10.2 Å². The van der Waals surface area contributed by atoms with E-state index in [4.69, 9.17) is 0 Å².